The second-order valence-electron chi connectivity index (χ2n) is 2.63. The number of nitrogens with one attached hydrogen (secondary N) is 1. The molecule has 6 heteroatoms. The Morgan fingerprint density at radius 1 is 1.47 bits per heavy atom. The van der Waals surface area contributed by atoms with E-state index in [1.54, 1.807) is 6.07 Å². The van der Waals surface area contributed by atoms with Gasteiger partial charge in [-0.1, -0.05) is 0 Å². The zero-order valence-corrected chi connectivity index (χ0v) is 10.5. The SMILES string of the molecule is N#CCC(=O)Nc1c(Br)cc(F)cc1Br. The van der Waals surface area contributed by atoms with Crippen molar-refractivity contribution < 1.29 is 9.18 Å². The number of halogens is 3. The van der Waals surface area contributed by atoms with Crippen LogP contribution in [0.2, 0.25) is 0 Å². The Hall–Kier alpha value is -0.930. The Bertz CT molecular complexity index is 419. The third kappa shape index (κ3) is 3.29. The largest absolute Gasteiger partial charge is 0.323 e. The van der Waals surface area contributed by atoms with Gasteiger partial charge in [0.1, 0.15) is 12.2 Å². The van der Waals surface area contributed by atoms with Gasteiger partial charge in [0.15, 0.2) is 0 Å². The molecule has 0 unspecified atom stereocenters. The standard InChI is InChI=1S/C9H5Br2FN2O/c10-6-3-5(12)4-7(11)9(6)14-8(15)1-2-13/h3-4H,1H2,(H,14,15). The maximum Gasteiger partial charge on any atom is 0.238 e. The highest BCUT2D eigenvalue weighted by Crippen LogP contribution is 2.31. The zero-order valence-electron chi connectivity index (χ0n) is 7.35. The molecule has 0 aliphatic carbocycles. The van der Waals surface area contributed by atoms with Gasteiger partial charge in [-0.15, -0.1) is 0 Å². The Balaban J connectivity index is 2.96. The molecule has 0 heterocycles. The number of hydrogen-bond donors (Lipinski definition) is 1. The summed E-state index contributed by atoms with van der Waals surface area (Å²) in [6.45, 7) is 0. The minimum absolute atomic E-state index is 0.240. The zero-order chi connectivity index (χ0) is 11.4. The quantitative estimate of drug-likeness (QED) is 0.902. The van der Waals surface area contributed by atoms with E-state index in [0.29, 0.717) is 14.6 Å². The van der Waals surface area contributed by atoms with Crippen LogP contribution in [0.5, 0.6) is 0 Å². The van der Waals surface area contributed by atoms with Gasteiger partial charge in [-0.05, 0) is 44.0 Å². The highest BCUT2D eigenvalue weighted by Gasteiger charge is 2.10. The number of benzene rings is 1. The van der Waals surface area contributed by atoms with Crippen molar-refractivity contribution in [1.82, 2.24) is 0 Å². The van der Waals surface area contributed by atoms with Crippen LogP contribution in [0.3, 0.4) is 0 Å². The molecule has 0 spiro atoms. The van der Waals surface area contributed by atoms with Gasteiger partial charge in [0.25, 0.3) is 0 Å². The minimum atomic E-state index is -0.439. The van der Waals surface area contributed by atoms with Crippen molar-refractivity contribution in [2.75, 3.05) is 5.32 Å². The summed E-state index contributed by atoms with van der Waals surface area (Å²) < 4.78 is 13.7. The number of anilines is 1. The van der Waals surface area contributed by atoms with Crippen LogP contribution in [0.25, 0.3) is 0 Å². The first-order chi connectivity index (χ1) is 7.04. The lowest BCUT2D eigenvalue weighted by molar-refractivity contribution is -0.115. The van der Waals surface area contributed by atoms with Crippen molar-refractivity contribution in [1.29, 1.82) is 5.26 Å². The monoisotopic (exact) mass is 334 g/mol. The average molecular weight is 336 g/mol. The molecule has 1 aromatic rings. The molecule has 0 aliphatic rings. The summed E-state index contributed by atoms with van der Waals surface area (Å²) in [7, 11) is 0. The number of nitriles is 1. The normalized spacial score (nSPS) is 9.47. The fourth-order valence-electron chi connectivity index (χ4n) is 0.917. The molecule has 0 radical (unpaired) electrons. The van der Waals surface area contributed by atoms with E-state index in [4.69, 9.17) is 5.26 Å². The van der Waals surface area contributed by atoms with Crippen LogP contribution in [-0.4, -0.2) is 5.91 Å². The summed E-state index contributed by atoms with van der Waals surface area (Å²) in [5.74, 6) is -0.863. The van der Waals surface area contributed by atoms with E-state index in [0.717, 1.165) is 0 Å². The van der Waals surface area contributed by atoms with Gasteiger partial charge in [-0.25, -0.2) is 4.39 Å². The molecular formula is C9H5Br2FN2O. The summed E-state index contributed by atoms with van der Waals surface area (Å²) in [6.07, 6.45) is -0.240. The minimum Gasteiger partial charge on any atom is -0.323 e. The van der Waals surface area contributed by atoms with Gasteiger partial charge in [-0.3, -0.25) is 4.79 Å². The summed E-state index contributed by atoms with van der Waals surface area (Å²) in [6, 6.07) is 4.18. The van der Waals surface area contributed by atoms with Crippen LogP contribution in [0.15, 0.2) is 21.1 Å². The lowest BCUT2D eigenvalue weighted by Crippen LogP contribution is -2.11. The number of hydrogen-bond acceptors (Lipinski definition) is 2. The molecule has 3 nitrogen and oxygen atoms in total. The molecule has 0 saturated carbocycles. The predicted molar refractivity (Wildman–Crippen MR) is 60.7 cm³/mol. The van der Waals surface area contributed by atoms with Crippen molar-refractivity contribution in [2.24, 2.45) is 0 Å². The molecule has 0 fully saturated rings. The van der Waals surface area contributed by atoms with Crippen LogP contribution < -0.4 is 5.32 Å². The van der Waals surface area contributed by atoms with Crippen molar-refractivity contribution >= 4 is 43.5 Å². The molecule has 0 aromatic heterocycles. The molecule has 15 heavy (non-hydrogen) atoms. The maximum absolute atomic E-state index is 12.9. The fourth-order valence-corrected chi connectivity index (χ4v) is 2.25. The number of nitrogens with zero attached hydrogens (tertiary/aromatic N) is 1. The molecular weight excluding hydrogens is 331 g/mol. The van der Waals surface area contributed by atoms with Crippen LogP contribution in [0.4, 0.5) is 10.1 Å². The van der Waals surface area contributed by atoms with E-state index in [1.807, 2.05) is 0 Å². The van der Waals surface area contributed by atoms with Gasteiger partial charge in [0.05, 0.1) is 11.8 Å². The topological polar surface area (TPSA) is 52.9 Å². The third-order valence-corrected chi connectivity index (χ3v) is 2.76. The fraction of sp³-hybridized carbons (Fsp3) is 0.111. The Labute approximate surface area is 103 Å². The Morgan fingerprint density at radius 2 is 2.00 bits per heavy atom. The number of rotatable bonds is 2. The molecule has 1 amide bonds. The summed E-state index contributed by atoms with van der Waals surface area (Å²) in [5.41, 5.74) is 0.414. The molecule has 1 N–H and O–H groups in total. The highest BCUT2D eigenvalue weighted by atomic mass is 79.9. The molecule has 1 rings (SSSR count). The molecule has 0 bridgehead atoms. The third-order valence-electron chi connectivity index (χ3n) is 1.51. The highest BCUT2D eigenvalue weighted by molar-refractivity contribution is 9.11. The second-order valence-corrected chi connectivity index (χ2v) is 4.34. The van der Waals surface area contributed by atoms with Gasteiger partial charge in [-0.2, -0.15) is 5.26 Å². The van der Waals surface area contributed by atoms with Gasteiger partial charge in [0, 0.05) is 8.95 Å². The van der Waals surface area contributed by atoms with E-state index in [9.17, 15) is 9.18 Å². The predicted octanol–water partition coefficient (Wildman–Crippen LogP) is 3.20. The second kappa shape index (κ2) is 5.24. The smallest absolute Gasteiger partial charge is 0.238 e. The first kappa shape index (κ1) is 12.1. The lowest BCUT2D eigenvalue weighted by atomic mass is 10.3. The number of carbonyl (C=O) groups excluding carboxylic acids is 1. The Morgan fingerprint density at radius 3 is 2.47 bits per heavy atom. The van der Waals surface area contributed by atoms with Crippen molar-refractivity contribution in [2.45, 2.75) is 6.42 Å². The maximum atomic E-state index is 12.9. The molecule has 0 saturated heterocycles. The van der Waals surface area contributed by atoms with E-state index in [2.05, 4.69) is 37.2 Å². The van der Waals surface area contributed by atoms with Gasteiger partial charge < -0.3 is 5.32 Å². The first-order valence-electron chi connectivity index (χ1n) is 3.86. The van der Waals surface area contributed by atoms with Crippen LogP contribution in [-0.2, 0) is 4.79 Å². The molecule has 1 aromatic carbocycles. The summed E-state index contributed by atoms with van der Waals surface area (Å²) >= 11 is 6.22. The lowest BCUT2D eigenvalue weighted by Gasteiger charge is -2.08. The number of amides is 1. The van der Waals surface area contributed by atoms with E-state index in [1.165, 1.54) is 12.1 Å². The van der Waals surface area contributed by atoms with Gasteiger partial charge in [0.2, 0.25) is 5.91 Å². The average Bonchev–Trinajstić information content (AvgIpc) is 2.11. The van der Waals surface area contributed by atoms with E-state index >= 15 is 0 Å². The summed E-state index contributed by atoms with van der Waals surface area (Å²) in [5, 5.41) is 10.8. The van der Waals surface area contributed by atoms with Crippen LogP contribution in [0.1, 0.15) is 6.42 Å². The van der Waals surface area contributed by atoms with Crippen molar-refractivity contribution in [3.63, 3.8) is 0 Å². The van der Waals surface area contributed by atoms with Crippen LogP contribution >= 0.6 is 31.9 Å². The van der Waals surface area contributed by atoms with Crippen molar-refractivity contribution in [3.8, 4) is 6.07 Å². The van der Waals surface area contributed by atoms with E-state index in [-0.39, 0.29) is 6.42 Å². The first-order valence-corrected chi connectivity index (χ1v) is 5.44. The summed E-state index contributed by atoms with van der Waals surface area (Å²) in [4.78, 5) is 11.1. The van der Waals surface area contributed by atoms with Crippen LogP contribution in [0, 0.1) is 17.1 Å². The molecule has 78 valence electrons. The van der Waals surface area contributed by atoms with Gasteiger partial charge >= 0.3 is 0 Å². The molecule has 0 atom stereocenters. The van der Waals surface area contributed by atoms with Crippen molar-refractivity contribution in [3.05, 3.63) is 26.9 Å². The Kier molecular flexibility index (Phi) is 4.24. The van der Waals surface area contributed by atoms with E-state index < -0.39 is 11.7 Å². The molecule has 0 aliphatic heterocycles. The number of carbonyl (C=O) groups is 1.